The molecule has 164 valence electrons. The molecular formula is C24H35N3O3. The van der Waals surface area contributed by atoms with Gasteiger partial charge in [-0.25, -0.2) is 0 Å². The van der Waals surface area contributed by atoms with Crippen molar-refractivity contribution in [2.24, 2.45) is 11.3 Å². The van der Waals surface area contributed by atoms with E-state index in [0.717, 1.165) is 22.7 Å². The van der Waals surface area contributed by atoms with Crippen LogP contribution in [0.3, 0.4) is 0 Å². The van der Waals surface area contributed by atoms with Gasteiger partial charge in [-0.1, -0.05) is 34.6 Å². The molecule has 0 atom stereocenters. The quantitative estimate of drug-likeness (QED) is 0.668. The van der Waals surface area contributed by atoms with Crippen LogP contribution in [-0.2, 0) is 22.7 Å². The van der Waals surface area contributed by atoms with E-state index in [4.69, 9.17) is 4.42 Å². The minimum atomic E-state index is -0.520. The van der Waals surface area contributed by atoms with E-state index in [1.165, 1.54) is 0 Å². The summed E-state index contributed by atoms with van der Waals surface area (Å²) in [5, 5.41) is 2.98. The summed E-state index contributed by atoms with van der Waals surface area (Å²) in [6, 6.07) is 9.54. The molecule has 0 aliphatic heterocycles. The van der Waals surface area contributed by atoms with E-state index in [1.807, 2.05) is 83.9 Å². The summed E-state index contributed by atoms with van der Waals surface area (Å²) in [4.78, 5) is 29.2. The number of amides is 2. The Labute approximate surface area is 180 Å². The minimum absolute atomic E-state index is 0.00763. The molecule has 0 bridgehead atoms. The predicted molar refractivity (Wildman–Crippen MR) is 121 cm³/mol. The number of furan rings is 1. The summed E-state index contributed by atoms with van der Waals surface area (Å²) in [7, 11) is 3.94. The molecule has 1 aromatic carbocycles. The highest BCUT2D eigenvalue weighted by molar-refractivity contribution is 5.91. The molecule has 0 radical (unpaired) electrons. The first-order chi connectivity index (χ1) is 14.0. The standard InChI is InChI=1S/C24H35N3O3/c1-17(2)13-22(28)25-19-10-11-21(26(6)7)18(14-19)15-27(23(29)24(3,4)5)16-20-9-8-12-30-20/h8-12,14,17H,13,15-16H2,1-7H3,(H,25,28). The van der Waals surface area contributed by atoms with Crippen molar-refractivity contribution in [2.75, 3.05) is 24.3 Å². The lowest BCUT2D eigenvalue weighted by molar-refractivity contribution is -0.141. The number of hydrogen-bond acceptors (Lipinski definition) is 4. The Hall–Kier alpha value is -2.76. The smallest absolute Gasteiger partial charge is 0.228 e. The van der Waals surface area contributed by atoms with Crippen LogP contribution in [0.1, 0.15) is 52.4 Å². The van der Waals surface area contributed by atoms with Crippen LogP contribution in [0.5, 0.6) is 0 Å². The molecular weight excluding hydrogens is 378 g/mol. The van der Waals surface area contributed by atoms with E-state index < -0.39 is 5.41 Å². The summed E-state index contributed by atoms with van der Waals surface area (Å²) in [6.45, 7) is 10.6. The molecule has 6 heteroatoms. The van der Waals surface area contributed by atoms with Gasteiger partial charge in [-0.3, -0.25) is 9.59 Å². The van der Waals surface area contributed by atoms with Gasteiger partial charge in [-0.15, -0.1) is 0 Å². The minimum Gasteiger partial charge on any atom is -0.467 e. The van der Waals surface area contributed by atoms with Crippen molar-refractivity contribution in [3.05, 3.63) is 47.9 Å². The van der Waals surface area contributed by atoms with Crippen LogP contribution in [0.2, 0.25) is 0 Å². The SMILES string of the molecule is CC(C)CC(=O)Nc1ccc(N(C)C)c(CN(Cc2ccco2)C(=O)C(C)(C)C)c1. The molecule has 2 rings (SSSR count). The van der Waals surface area contributed by atoms with E-state index in [0.29, 0.717) is 25.4 Å². The molecule has 0 aliphatic rings. The zero-order valence-electron chi connectivity index (χ0n) is 19.3. The Bertz CT molecular complexity index is 849. The van der Waals surface area contributed by atoms with E-state index in [2.05, 4.69) is 5.32 Å². The fourth-order valence-corrected chi connectivity index (χ4v) is 3.28. The van der Waals surface area contributed by atoms with Gasteiger partial charge >= 0.3 is 0 Å². The topological polar surface area (TPSA) is 65.8 Å². The van der Waals surface area contributed by atoms with Gasteiger partial charge < -0.3 is 19.5 Å². The van der Waals surface area contributed by atoms with Crippen LogP contribution in [0, 0.1) is 11.3 Å². The third kappa shape index (κ3) is 6.65. The first kappa shape index (κ1) is 23.5. The lowest BCUT2D eigenvalue weighted by Gasteiger charge is -2.30. The third-order valence-electron chi connectivity index (χ3n) is 4.66. The molecule has 0 saturated heterocycles. The fourth-order valence-electron chi connectivity index (χ4n) is 3.28. The molecule has 6 nitrogen and oxygen atoms in total. The van der Waals surface area contributed by atoms with Crippen molar-refractivity contribution in [3.63, 3.8) is 0 Å². The molecule has 0 aliphatic carbocycles. The number of nitrogens with one attached hydrogen (secondary N) is 1. The molecule has 2 aromatic rings. The average molecular weight is 414 g/mol. The summed E-state index contributed by atoms with van der Waals surface area (Å²) < 4.78 is 5.49. The number of hydrogen-bond donors (Lipinski definition) is 1. The zero-order chi connectivity index (χ0) is 22.5. The second-order valence-corrected chi connectivity index (χ2v) is 9.37. The van der Waals surface area contributed by atoms with Gasteiger partial charge in [0.1, 0.15) is 5.76 Å². The van der Waals surface area contributed by atoms with Gasteiger partial charge in [0.2, 0.25) is 11.8 Å². The Kier molecular flexibility index (Phi) is 7.71. The van der Waals surface area contributed by atoms with Gasteiger partial charge in [0.15, 0.2) is 0 Å². The lowest BCUT2D eigenvalue weighted by atomic mass is 9.94. The number of carbonyl (C=O) groups is 2. The molecule has 30 heavy (non-hydrogen) atoms. The fraction of sp³-hybridized carbons (Fsp3) is 0.500. The van der Waals surface area contributed by atoms with Gasteiger partial charge in [0.05, 0.1) is 12.8 Å². The van der Waals surface area contributed by atoms with Crippen molar-refractivity contribution < 1.29 is 14.0 Å². The Morgan fingerprint density at radius 1 is 1.10 bits per heavy atom. The third-order valence-corrected chi connectivity index (χ3v) is 4.66. The highest BCUT2D eigenvalue weighted by Crippen LogP contribution is 2.28. The highest BCUT2D eigenvalue weighted by Gasteiger charge is 2.28. The van der Waals surface area contributed by atoms with Crippen molar-refractivity contribution in [3.8, 4) is 0 Å². The van der Waals surface area contributed by atoms with Crippen molar-refractivity contribution in [2.45, 2.75) is 54.1 Å². The van der Waals surface area contributed by atoms with Gasteiger partial charge in [0.25, 0.3) is 0 Å². The second kappa shape index (κ2) is 9.83. The largest absolute Gasteiger partial charge is 0.467 e. The van der Waals surface area contributed by atoms with Crippen molar-refractivity contribution >= 4 is 23.2 Å². The molecule has 1 heterocycles. The van der Waals surface area contributed by atoms with E-state index in [9.17, 15) is 9.59 Å². The highest BCUT2D eigenvalue weighted by atomic mass is 16.3. The number of rotatable bonds is 8. The maximum absolute atomic E-state index is 13.2. The van der Waals surface area contributed by atoms with Crippen LogP contribution < -0.4 is 10.2 Å². The van der Waals surface area contributed by atoms with Crippen LogP contribution >= 0.6 is 0 Å². The maximum atomic E-state index is 13.2. The van der Waals surface area contributed by atoms with Crippen molar-refractivity contribution in [1.29, 1.82) is 0 Å². The number of anilines is 2. The van der Waals surface area contributed by atoms with Gasteiger partial charge in [-0.05, 0) is 41.8 Å². The summed E-state index contributed by atoms with van der Waals surface area (Å²) in [5.74, 6) is 1.06. The van der Waals surface area contributed by atoms with Crippen molar-refractivity contribution in [1.82, 2.24) is 4.90 Å². The van der Waals surface area contributed by atoms with Crippen LogP contribution in [-0.4, -0.2) is 30.8 Å². The second-order valence-electron chi connectivity index (χ2n) is 9.37. The van der Waals surface area contributed by atoms with Crippen LogP contribution in [0.15, 0.2) is 41.0 Å². The zero-order valence-corrected chi connectivity index (χ0v) is 19.3. The van der Waals surface area contributed by atoms with Gasteiger partial charge in [-0.2, -0.15) is 0 Å². The Morgan fingerprint density at radius 3 is 2.33 bits per heavy atom. The molecule has 0 saturated carbocycles. The number of nitrogens with zero attached hydrogens (tertiary/aromatic N) is 2. The maximum Gasteiger partial charge on any atom is 0.228 e. The van der Waals surface area contributed by atoms with E-state index >= 15 is 0 Å². The first-order valence-corrected chi connectivity index (χ1v) is 10.4. The van der Waals surface area contributed by atoms with E-state index in [-0.39, 0.29) is 11.8 Å². The molecule has 0 unspecified atom stereocenters. The van der Waals surface area contributed by atoms with Crippen LogP contribution in [0.25, 0.3) is 0 Å². The molecule has 0 spiro atoms. The molecule has 1 aromatic heterocycles. The average Bonchev–Trinajstić information content (AvgIpc) is 3.12. The van der Waals surface area contributed by atoms with Crippen LogP contribution in [0.4, 0.5) is 11.4 Å². The first-order valence-electron chi connectivity index (χ1n) is 10.4. The lowest BCUT2D eigenvalue weighted by Crippen LogP contribution is -2.38. The molecule has 0 fully saturated rings. The normalized spacial score (nSPS) is 11.5. The number of carbonyl (C=O) groups excluding carboxylic acids is 2. The number of benzene rings is 1. The monoisotopic (exact) mass is 413 g/mol. The van der Waals surface area contributed by atoms with E-state index in [1.54, 1.807) is 11.2 Å². The van der Waals surface area contributed by atoms with Gasteiger partial charge in [0, 0.05) is 43.9 Å². The summed E-state index contributed by atoms with van der Waals surface area (Å²) in [6.07, 6.45) is 2.09. The summed E-state index contributed by atoms with van der Waals surface area (Å²) in [5.41, 5.74) is 2.19. The summed E-state index contributed by atoms with van der Waals surface area (Å²) >= 11 is 0. The Balaban J connectivity index is 2.34. The Morgan fingerprint density at radius 2 is 1.80 bits per heavy atom. The molecule has 2 amide bonds. The predicted octanol–water partition coefficient (Wildman–Crippen LogP) is 4.91. The molecule has 1 N–H and O–H groups in total.